The molecule has 0 bridgehead atoms. The Labute approximate surface area is 138 Å². The Morgan fingerprint density at radius 1 is 1.33 bits per heavy atom. The number of rotatable bonds is 7. The van der Waals surface area contributed by atoms with Gasteiger partial charge < -0.3 is 15.7 Å². The molecule has 2 rings (SSSR count). The lowest BCUT2D eigenvalue weighted by molar-refractivity contribution is -0.384. The number of nitrogens with zero attached hydrogens (tertiary/aromatic N) is 3. The average molecular weight is 327 g/mol. The Hall–Kier alpha value is -3.18. The average Bonchev–Trinajstić information content (AvgIpc) is 2.60. The fraction of sp³-hybridized carbons (Fsp3) is 0.250. The van der Waals surface area contributed by atoms with E-state index in [4.69, 9.17) is 5.26 Å². The highest BCUT2D eigenvalue weighted by Gasteiger charge is 2.17. The first-order valence-electron chi connectivity index (χ1n) is 7.37. The van der Waals surface area contributed by atoms with E-state index in [1.54, 1.807) is 24.3 Å². The van der Waals surface area contributed by atoms with Gasteiger partial charge in [0.1, 0.15) is 5.82 Å². The van der Waals surface area contributed by atoms with Crippen molar-refractivity contribution in [3.05, 3.63) is 52.1 Å². The van der Waals surface area contributed by atoms with Crippen molar-refractivity contribution in [3.63, 3.8) is 0 Å². The SMILES string of the molecule is CCC(CO)Nc1ccc([N+](=O)[O-])c(Nc2ccc(C#N)cc2)n1. The Bertz CT molecular complexity index is 751. The first kappa shape index (κ1) is 17.2. The lowest BCUT2D eigenvalue weighted by Crippen LogP contribution is -2.23. The summed E-state index contributed by atoms with van der Waals surface area (Å²) in [5.74, 6) is 0.514. The van der Waals surface area contributed by atoms with Crippen molar-refractivity contribution in [2.24, 2.45) is 0 Å². The maximum absolute atomic E-state index is 11.2. The molecule has 8 heteroatoms. The van der Waals surface area contributed by atoms with E-state index in [1.807, 2.05) is 13.0 Å². The molecule has 0 aliphatic carbocycles. The summed E-state index contributed by atoms with van der Waals surface area (Å²) in [6, 6.07) is 11.2. The van der Waals surface area contributed by atoms with Crippen molar-refractivity contribution in [3.8, 4) is 6.07 Å². The molecule has 0 fully saturated rings. The van der Waals surface area contributed by atoms with Crippen LogP contribution in [0.4, 0.5) is 23.0 Å². The van der Waals surface area contributed by atoms with Crippen LogP contribution >= 0.6 is 0 Å². The van der Waals surface area contributed by atoms with Crippen molar-refractivity contribution < 1.29 is 10.0 Å². The number of nitrogens with one attached hydrogen (secondary N) is 2. The summed E-state index contributed by atoms with van der Waals surface area (Å²) in [4.78, 5) is 14.9. The Morgan fingerprint density at radius 3 is 2.58 bits per heavy atom. The molecule has 0 amide bonds. The monoisotopic (exact) mass is 327 g/mol. The minimum Gasteiger partial charge on any atom is -0.394 e. The fourth-order valence-corrected chi connectivity index (χ4v) is 2.02. The van der Waals surface area contributed by atoms with Crippen LogP contribution in [0.5, 0.6) is 0 Å². The molecular weight excluding hydrogens is 310 g/mol. The molecule has 3 N–H and O–H groups in total. The largest absolute Gasteiger partial charge is 0.394 e. The number of benzene rings is 1. The van der Waals surface area contributed by atoms with Crippen LogP contribution < -0.4 is 10.6 Å². The van der Waals surface area contributed by atoms with E-state index in [0.717, 1.165) is 0 Å². The minimum atomic E-state index is -0.522. The number of aliphatic hydroxyl groups is 1. The van der Waals surface area contributed by atoms with Gasteiger partial charge in [-0.1, -0.05) is 6.92 Å². The predicted octanol–water partition coefficient (Wildman–Crippen LogP) is 2.79. The summed E-state index contributed by atoms with van der Waals surface area (Å²) in [5.41, 5.74) is 0.907. The van der Waals surface area contributed by atoms with Gasteiger partial charge in [0, 0.05) is 11.8 Å². The number of nitro groups is 1. The van der Waals surface area contributed by atoms with E-state index < -0.39 is 4.92 Å². The van der Waals surface area contributed by atoms with Crippen LogP contribution in [-0.2, 0) is 0 Å². The van der Waals surface area contributed by atoms with Gasteiger partial charge in [0.15, 0.2) is 0 Å². The lowest BCUT2D eigenvalue weighted by Gasteiger charge is -2.15. The zero-order valence-electron chi connectivity index (χ0n) is 13.1. The van der Waals surface area contributed by atoms with Crippen LogP contribution in [0.1, 0.15) is 18.9 Å². The highest BCUT2D eigenvalue weighted by molar-refractivity contribution is 5.68. The van der Waals surface area contributed by atoms with Gasteiger partial charge in [-0.15, -0.1) is 0 Å². The molecule has 1 aromatic heterocycles. The minimum absolute atomic E-state index is 0.0620. The summed E-state index contributed by atoms with van der Waals surface area (Å²) >= 11 is 0. The zero-order chi connectivity index (χ0) is 17.5. The molecule has 1 heterocycles. The number of nitriles is 1. The molecule has 1 atom stereocenters. The molecule has 1 aromatic carbocycles. The summed E-state index contributed by atoms with van der Waals surface area (Å²) in [6.07, 6.45) is 0.688. The molecule has 0 radical (unpaired) electrons. The van der Waals surface area contributed by atoms with Gasteiger partial charge in [-0.05, 0) is 36.8 Å². The van der Waals surface area contributed by atoms with Crippen LogP contribution in [0.3, 0.4) is 0 Å². The highest BCUT2D eigenvalue weighted by atomic mass is 16.6. The highest BCUT2D eigenvalue weighted by Crippen LogP contribution is 2.27. The van der Waals surface area contributed by atoms with Crippen molar-refractivity contribution in [2.75, 3.05) is 17.2 Å². The van der Waals surface area contributed by atoms with Crippen molar-refractivity contribution in [1.82, 2.24) is 4.98 Å². The topological polar surface area (TPSA) is 124 Å². The molecule has 2 aromatic rings. The van der Waals surface area contributed by atoms with Gasteiger partial charge in [0.25, 0.3) is 0 Å². The summed E-state index contributed by atoms with van der Waals surface area (Å²) in [7, 11) is 0. The van der Waals surface area contributed by atoms with Gasteiger partial charge in [-0.2, -0.15) is 5.26 Å². The molecular formula is C16H17N5O3. The van der Waals surface area contributed by atoms with Gasteiger partial charge in [-0.25, -0.2) is 4.98 Å². The molecule has 0 aliphatic rings. The molecule has 0 aliphatic heterocycles. The first-order chi connectivity index (χ1) is 11.6. The zero-order valence-corrected chi connectivity index (χ0v) is 13.1. The Balaban J connectivity index is 2.30. The normalized spacial score (nSPS) is 11.4. The van der Waals surface area contributed by atoms with Crippen molar-refractivity contribution >= 4 is 23.0 Å². The lowest BCUT2D eigenvalue weighted by atomic mass is 10.2. The molecule has 0 spiro atoms. The van der Waals surface area contributed by atoms with Crippen molar-refractivity contribution in [2.45, 2.75) is 19.4 Å². The van der Waals surface area contributed by atoms with Crippen LogP contribution in [0.15, 0.2) is 36.4 Å². The maximum atomic E-state index is 11.2. The Kier molecular flexibility index (Phi) is 5.65. The van der Waals surface area contributed by atoms with Crippen LogP contribution in [-0.4, -0.2) is 27.7 Å². The number of hydrogen-bond acceptors (Lipinski definition) is 7. The smallest absolute Gasteiger partial charge is 0.311 e. The standard InChI is InChI=1S/C16H17N5O3/c1-2-12(10-22)18-15-8-7-14(21(23)24)16(20-15)19-13-5-3-11(9-17)4-6-13/h3-8,12,22H,2,10H2,1H3,(H2,18,19,20). The molecule has 24 heavy (non-hydrogen) atoms. The summed E-state index contributed by atoms with van der Waals surface area (Å²) < 4.78 is 0. The third-order valence-electron chi connectivity index (χ3n) is 3.41. The number of pyridine rings is 1. The van der Waals surface area contributed by atoms with Gasteiger partial charge in [-0.3, -0.25) is 10.1 Å². The van der Waals surface area contributed by atoms with E-state index >= 15 is 0 Å². The van der Waals surface area contributed by atoms with Gasteiger partial charge in [0.2, 0.25) is 5.82 Å². The Morgan fingerprint density at radius 2 is 2.04 bits per heavy atom. The van der Waals surface area contributed by atoms with Crippen LogP contribution in [0, 0.1) is 21.4 Å². The number of aliphatic hydroxyl groups excluding tert-OH is 1. The third-order valence-corrected chi connectivity index (χ3v) is 3.41. The second-order valence-electron chi connectivity index (χ2n) is 5.07. The molecule has 124 valence electrons. The van der Waals surface area contributed by atoms with E-state index in [2.05, 4.69) is 15.6 Å². The molecule has 0 saturated heterocycles. The number of aromatic nitrogens is 1. The van der Waals surface area contributed by atoms with E-state index in [1.165, 1.54) is 12.1 Å². The van der Waals surface area contributed by atoms with Crippen molar-refractivity contribution in [1.29, 1.82) is 5.26 Å². The van der Waals surface area contributed by atoms with Gasteiger partial charge >= 0.3 is 5.69 Å². The summed E-state index contributed by atoms with van der Waals surface area (Å²) in [6.45, 7) is 1.85. The molecule has 0 saturated carbocycles. The van der Waals surface area contributed by atoms with E-state index in [9.17, 15) is 15.2 Å². The summed E-state index contributed by atoms with van der Waals surface area (Å²) in [5, 5.41) is 35.1. The quantitative estimate of drug-likeness (QED) is 0.527. The predicted molar refractivity (Wildman–Crippen MR) is 90.1 cm³/mol. The number of hydrogen-bond donors (Lipinski definition) is 3. The number of anilines is 3. The van der Waals surface area contributed by atoms with E-state index in [-0.39, 0.29) is 24.2 Å². The first-order valence-corrected chi connectivity index (χ1v) is 7.37. The third kappa shape index (κ3) is 4.18. The second-order valence-corrected chi connectivity index (χ2v) is 5.07. The molecule has 1 unspecified atom stereocenters. The second kappa shape index (κ2) is 7.89. The van der Waals surface area contributed by atoms with Crippen LogP contribution in [0.25, 0.3) is 0 Å². The maximum Gasteiger partial charge on any atom is 0.311 e. The van der Waals surface area contributed by atoms with E-state index in [0.29, 0.717) is 23.5 Å². The van der Waals surface area contributed by atoms with Gasteiger partial charge in [0.05, 0.1) is 29.2 Å². The van der Waals surface area contributed by atoms with Crippen LogP contribution in [0.2, 0.25) is 0 Å². The fourth-order valence-electron chi connectivity index (χ4n) is 2.02. The molecule has 8 nitrogen and oxygen atoms in total.